The van der Waals surface area contributed by atoms with Crippen molar-refractivity contribution >= 4 is 10.0 Å². The van der Waals surface area contributed by atoms with E-state index in [1.54, 1.807) is 13.8 Å². The molecule has 1 fully saturated rings. The van der Waals surface area contributed by atoms with Crippen LogP contribution in [0.15, 0.2) is 17.3 Å². The van der Waals surface area contributed by atoms with Crippen molar-refractivity contribution < 1.29 is 17.9 Å². The van der Waals surface area contributed by atoms with Crippen LogP contribution < -0.4 is 9.47 Å². The summed E-state index contributed by atoms with van der Waals surface area (Å²) in [5.74, 6) is 0.668. The monoisotopic (exact) mass is 367 g/mol. The Balaban J connectivity index is 1.77. The van der Waals surface area contributed by atoms with E-state index in [0.717, 1.165) is 6.42 Å². The molecule has 0 radical (unpaired) electrons. The van der Waals surface area contributed by atoms with Crippen LogP contribution in [-0.2, 0) is 10.0 Å². The molecule has 3 rings (SSSR count). The summed E-state index contributed by atoms with van der Waals surface area (Å²) in [6, 6.07) is 0. The summed E-state index contributed by atoms with van der Waals surface area (Å²) in [6.07, 6.45) is 4.12. The molecule has 1 saturated heterocycles. The van der Waals surface area contributed by atoms with Crippen molar-refractivity contribution in [1.82, 2.24) is 24.5 Å². The number of rotatable bonds is 5. The molecule has 0 aliphatic carbocycles. The lowest BCUT2D eigenvalue weighted by Crippen LogP contribution is -2.44. The zero-order valence-corrected chi connectivity index (χ0v) is 15.2. The first-order valence-electron chi connectivity index (χ1n) is 7.96. The maximum absolute atomic E-state index is 13.0. The van der Waals surface area contributed by atoms with Gasteiger partial charge in [0.1, 0.15) is 11.0 Å². The fourth-order valence-electron chi connectivity index (χ4n) is 2.93. The van der Waals surface area contributed by atoms with E-state index in [1.807, 2.05) is 0 Å². The standard InChI is InChI=1S/C15H21N5O4S/c1-10-15(11(2)19-18-10)25(21,22)20-6-4-5-12(9-20)24-14-8-16-7-13(17-14)23-3/h7-8,12H,4-6,9H2,1-3H3,(H,18,19). The summed E-state index contributed by atoms with van der Waals surface area (Å²) in [6.45, 7) is 4.10. The first-order valence-corrected chi connectivity index (χ1v) is 9.40. The molecular formula is C15H21N5O4S. The van der Waals surface area contributed by atoms with Gasteiger partial charge in [0, 0.05) is 6.54 Å². The highest BCUT2D eigenvalue weighted by molar-refractivity contribution is 7.89. The summed E-state index contributed by atoms with van der Waals surface area (Å²) in [5.41, 5.74) is 1.01. The maximum atomic E-state index is 13.0. The maximum Gasteiger partial charge on any atom is 0.246 e. The smallest absolute Gasteiger partial charge is 0.246 e. The van der Waals surface area contributed by atoms with Crippen molar-refractivity contribution in [2.24, 2.45) is 0 Å². The highest BCUT2D eigenvalue weighted by Crippen LogP contribution is 2.26. The number of nitrogens with one attached hydrogen (secondary N) is 1. The van der Waals surface area contributed by atoms with E-state index in [1.165, 1.54) is 23.8 Å². The van der Waals surface area contributed by atoms with Crippen LogP contribution in [0.1, 0.15) is 24.2 Å². The number of hydrogen-bond acceptors (Lipinski definition) is 7. The van der Waals surface area contributed by atoms with E-state index < -0.39 is 10.0 Å². The lowest BCUT2D eigenvalue weighted by molar-refractivity contribution is 0.123. The summed E-state index contributed by atoms with van der Waals surface area (Å²) in [4.78, 5) is 8.40. The predicted octanol–water partition coefficient (Wildman–Crippen LogP) is 1.06. The van der Waals surface area contributed by atoms with Crippen LogP contribution in [0, 0.1) is 13.8 Å². The molecule has 136 valence electrons. The van der Waals surface area contributed by atoms with E-state index in [4.69, 9.17) is 9.47 Å². The van der Waals surface area contributed by atoms with Crippen molar-refractivity contribution in [3.8, 4) is 11.8 Å². The number of hydrogen-bond donors (Lipinski definition) is 1. The van der Waals surface area contributed by atoms with Crippen LogP contribution >= 0.6 is 0 Å². The number of H-pyrrole nitrogens is 1. The Morgan fingerprint density at radius 3 is 2.72 bits per heavy atom. The molecule has 2 aromatic heterocycles. The summed E-state index contributed by atoms with van der Waals surface area (Å²) in [5, 5.41) is 6.72. The van der Waals surface area contributed by atoms with Gasteiger partial charge in [-0.1, -0.05) is 0 Å². The van der Waals surface area contributed by atoms with Crippen LogP contribution in [0.3, 0.4) is 0 Å². The van der Waals surface area contributed by atoms with E-state index in [-0.39, 0.29) is 17.5 Å². The van der Waals surface area contributed by atoms with Gasteiger partial charge in [-0.2, -0.15) is 14.4 Å². The number of aromatic amines is 1. The van der Waals surface area contributed by atoms with E-state index in [0.29, 0.717) is 36.1 Å². The van der Waals surface area contributed by atoms with Gasteiger partial charge in [0.05, 0.1) is 37.4 Å². The minimum absolute atomic E-state index is 0.245. The van der Waals surface area contributed by atoms with Crippen molar-refractivity contribution in [2.75, 3.05) is 20.2 Å². The summed E-state index contributed by atoms with van der Waals surface area (Å²) in [7, 11) is -2.12. The molecule has 3 heterocycles. The topological polar surface area (TPSA) is 110 Å². The lowest BCUT2D eigenvalue weighted by Gasteiger charge is -2.31. The Labute approximate surface area is 146 Å². The zero-order valence-electron chi connectivity index (χ0n) is 14.4. The predicted molar refractivity (Wildman–Crippen MR) is 89.1 cm³/mol. The van der Waals surface area contributed by atoms with Crippen molar-refractivity contribution in [2.45, 2.75) is 37.7 Å². The average Bonchev–Trinajstić information content (AvgIpc) is 2.94. The second kappa shape index (κ2) is 6.96. The largest absolute Gasteiger partial charge is 0.480 e. The number of sulfonamides is 1. The van der Waals surface area contributed by atoms with Gasteiger partial charge in [0.2, 0.25) is 21.8 Å². The third-order valence-electron chi connectivity index (χ3n) is 4.09. The lowest BCUT2D eigenvalue weighted by atomic mass is 10.1. The number of nitrogens with zero attached hydrogens (tertiary/aromatic N) is 4. The Kier molecular flexibility index (Phi) is 4.91. The Morgan fingerprint density at radius 2 is 2.04 bits per heavy atom. The van der Waals surface area contributed by atoms with Crippen LogP contribution in [-0.4, -0.2) is 59.2 Å². The first-order chi connectivity index (χ1) is 11.9. The molecular weight excluding hydrogens is 346 g/mol. The fraction of sp³-hybridized carbons (Fsp3) is 0.533. The number of aryl methyl sites for hydroxylation is 2. The Morgan fingerprint density at radius 1 is 1.28 bits per heavy atom. The molecule has 0 spiro atoms. The average molecular weight is 367 g/mol. The number of methoxy groups -OCH3 is 1. The summed E-state index contributed by atoms with van der Waals surface area (Å²) < 4.78 is 38.2. The third-order valence-corrected chi connectivity index (χ3v) is 6.22. The molecule has 1 N–H and O–H groups in total. The summed E-state index contributed by atoms with van der Waals surface area (Å²) >= 11 is 0. The van der Waals surface area contributed by atoms with Crippen LogP contribution in [0.25, 0.3) is 0 Å². The van der Waals surface area contributed by atoms with Crippen molar-refractivity contribution in [1.29, 1.82) is 0 Å². The Hall–Kier alpha value is -2.20. The molecule has 25 heavy (non-hydrogen) atoms. The number of ether oxygens (including phenoxy) is 2. The highest BCUT2D eigenvalue weighted by Gasteiger charge is 2.34. The minimum Gasteiger partial charge on any atom is -0.480 e. The van der Waals surface area contributed by atoms with Crippen molar-refractivity contribution in [3.63, 3.8) is 0 Å². The highest BCUT2D eigenvalue weighted by atomic mass is 32.2. The van der Waals surface area contributed by atoms with Gasteiger partial charge >= 0.3 is 0 Å². The Bertz CT molecular complexity index is 832. The minimum atomic E-state index is -3.62. The van der Waals surface area contributed by atoms with Gasteiger partial charge in [-0.05, 0) is 26.7 Å². The van der Waals surface area contributed by atoms with E-state index >= 15 is 0 Å². The molecule has 9 nitrogen and oxygen atoms in total. The van der Waals surface area contributed by atoms with Crippen LogP contribution in [0.4, 0.5) is 0 Å². The molecule has 2 aromatic rings. The molecule has 0 aromatic carbocycles. The molecule has 0 bridgehead atoms. The first kappa shape index (κ1) is 17.6. The van der Waals surface area contributed by atoms with Crippen LogP contribution in [0.2, 0.25) is 0 Å². The van der Waals surface area contributed by atoms with Crippen molar-refractivity contribution in [3.05, 3.63) is 23.8 Å². The van der Waals surface area contributed by atoms with Gasteiger partial charge in [-0.25, -0.2) is 8.42 Å². The number of aromatic nitrogens is 4. The number of piperidine rings is 1. The second-order valence-corrected chi connectivity index (χ2v) is 7.78. The SMILES string of the molecule is COc1cncc(OC2CCCN(S(=O)(=O)c3c(C)n[nH]c3C)C2)n1. The molecule has 1 aliphatic rings. The van der Waals surface area contributed by atoms with Gasteiger partial charge in [0.25, 0.3) is 0 Å². The van der Waals surface area contributed by atoms with E-state index in [9.17, 15) is 8.42 Å². The second-order valence-electron chi connectivity index (χ2n) is 5.91. The molecule has 1 atom stereocenters. The molecule has 0 saturated carbocycles. The molecule has 10 heteroatoms. The van der Waals surface area contributed by atoms with Gasteiger partial charge in [-0.3, -0.25) is 10.1 Å². The van der Waals surface area contributed by atoms with E-state index in [2.05, 4.69) is 20.2 Å². The molecule has 1 unspecified atom stereocenters. The van der Waals surface area contributed by atoms with Crippen LogP contribution in [0.5, 0.6) is 11.8 Å². The van der Waals surface area contributed by atoms with Gasteiger partial charge < -0.3 is 9.47 Å². The zero-order chi connectivity index (χ0) is 18.0. The molecule has 0 amide bonds. The van der Waals surface area contributed by atoms with Gasteiger partial charge in [-0.15, -0.1) is 0 Å². The molecule has 1 aliphatic heterocycles. The normalized spacial score (nSPS) is 18.9. The third kappa shape index (κ3) is 3.59. The van der Waals surface area contributed by atoms with Gasteiger partial charge in [0.15, 0.2) is 0 Å². The fourth-order valence-corrected chi connectivity index (χ4v) is 4.77. The quantitative estimate of drug-likeness (QED) is 0.841.